The fourth-order valence-electron chi connectivity index (χ4n) is 4.44. The number of rotatable bonds is 7. The van der Waals surface area contributed by atoms with Gasteiger partial charge in [-0.25, -0.2) is 4.68 Å². The van der Waals surface area contributed by atoms with Gasteiger partial charge in [0.15, 0.2) is 5.82 Å². The van der Waals surface area contributed by atoms with Crippen LogP contribution >= 0.6 is 0 Å². The van der Waals surface area contributed by atoms with Crippen LogP contribution in [0.15, 0.2) is 60.7 Å². The van der Waals surface area contributed by atoms with Gasteiger partial charge >= 0.3 is 0 Å². The zero-order chi connectivity index (χ0) is 24.1. The molecule has 3 aromatic rings. The van der Waals surface area contributed by atoms with Crippen molar-refractivity contribution < 1.29 is 9.59 Å². The van der Waals surface area contributed by atoms with Gasteiger partial charge in [-0.2, -0.15) is 5.10 Å². The van der Waals surface area contributed by atoms with E-state index in [2.05, 4.69) is 15.5 Å². The van der Waals surface area contributed by atoms with Crippen molar-refractivity contribution in [1.82, 2.24) is 15.1 Å². The molecule has 1 fully saturated rings. The minimum Gasteiger partial charge on any atom is -0.355 e. The Morgan fingerprint density at radius 3 is 2.26 bits per heavy atom. The molecule has 2 N–H and O–H groups in total. The zero-order valence-electron chi connectivity index (χ0n) is 20.1. The first-order valence-electron chi connectivity index (χ1n) is 12.0. The van der Waals surface area contributed by atoms with E-state index in [1.54, 1.807) is 0 Å². The molecule has 1 aliphatic rings. The predicted molar refractivity (Wildman–Crippen MR) is 135 cm³/mol. The fraction of sp³-hybridized carbons (Fsp3) is 0.370. The number of amides is 2. The Kier molecular flexibility index (Phi) is 7.30. The van der Waals surface area contributed by atoms with E-state index < -0.39 is 0 Å². The van der Waals surface area contributed by atoms with Gasteiger partial charge in [-0.1, -0.05) is 55.5 Å². The number of aromatic nitrogens is 2. The summed E-state index contributed by atoms with van der Waals surface area (Å²) >= 11 is 0. The molecule has 178 valence electrons. The summed E-state index contributed by atoms with van der Waals surface area (Å²) in [6, 6.07) is 19.9. The van der Waals surface area contributed by atoms with Gasteiger partial charge in [-0.3, -0.25) is 9.59 Å². The highest BCUT2D eigenvalue weighted by Crippen LogP contribution is 2.35. The number of carbonyl (C=O) groups excluding carboxylic acids is 2. The first-order valence-corrected chi connectivity index (χ1v) is 12.0. The van der Waals surface area contributed by atoms with E-state index >= 15 is 0 Å². The second-order valence-electron chi connectivity index (χ2n) is 8.84. The molecule has 34 heavy (non-hydrogen) atoms. The van der Waals surface area contributed by atoms with Crippen molar-refractivity contribution in [3.63, 3.8) is 0 Å². The Labute approximate surface area is 201 Å². The first kappa shape index (κ1) is 23.5. The van der Waals surface area contributed by atoms with Crippen LogP contribution in [0, 0.1) is 12.8 Å². The summed E-state index contributed by atoms with van der Waals surface area (Å²) in [4.78, 5) is 27.5. The zero-order valence-corrected chi connectivity index (χ0v) is 20.1. The quantitative estimate of drug-likeness (QED) is 0.540. The van der Waals surface area contributed by atoms with Crippen molar-refractivity contribution in [2.45, 2.75) is 46.1 Å². The number of benzene rings is 2. The molecule has 0 bridgehead atoms. The van der Waals surface area contributed by atoms with Crippen molar-refractivity contribution >= 4 is 23.3 Å². The maximum atomic E-state index is 13.0. The van der Waals surface area contributed by atoms with Gasteiger partial charge in [-0.15, -0.1) is 0 Å². The summed E-state index contributed by atoms with van der Waals surface area (Å²) in [5.41, 5.74) is 3.56. The molecule has 7 heteroatoms. The summed E-state index contributed by atoms with van der Waals surface area (Å²) < 4.78 is 1.90. The predicted octanol–water partition coefficient (Wildman–Crippen LogP) is 4.62. The second-order valence-corrected chi connectivity index (χ2v) is 8.84. The summed E-state index contributed by atoms with van der Waals surface area (Å²) in [6.45, 7) is 7.20. The Morgan fingerprint density at radius 1 is 1.03 bits per heavy atom. The number of aryl methyl sites for hydroxylation is 1. The molecule has 0 aliphatic carbocycles. The maximum absolute atomic E-state index is 13.0. The SMILES string of the molecule is CCC(=O)Nc1c(C)nn(-c2ccccc2)c1N1CCC(C(=O)NC(C)c2ccccc2)CC1. The van der Waals surface area contributed by atoms with Crippen LogP contribution in [0.5, 0.6) is 0 Å². The summed E-state index contributed by atoms with van der Waals surface area (Å²) in [6.07, 6.45) is 1.89. The van der Waals surface area contributed by atoms with Crippen LogP contribution in [0.4, 0.5) is 11.5 Å². The van der Waals surface area contributed by atoms with Crippen LogP contribution in [-0.2, 0) is 9.59 Å². The summed E-state index contributed by atoms with van der Waals surface area (Å²) in [7, 11) is 0. The van der Waals surface area contributed by atoms with Crippen molar-refractivity contribution in [3.8, 4) is 5.69 Å². The molecular formula is C27H33N5O2. The van der Waals surface area contributed by atoms with Crippen LogP contribution in [0.25, 0.3) is 5.69 Å². The van der Waals surface area contributed by atoms with Crippen molar-refractivity contribution in [2.75, 3.05) is 23.3 Å². The molecule has 4 rings (SSSR count). The number of anilines is 2. The lowest BCUT2D eigenvalue weighted by Crippen LogP contribution is -2.42. The van der Waals surface area contributed by atoms with Gasteiger partial charge in [0, 0.05) is 25.4 Å². The van der Waals surface area contributed by atoms with Crippen LogP contribution in [0.2, 0.25) is 0 Å². The Bertz CT molecular complexity index is 1120. The van der Waals surface area contributed by atoms with Gasteiger partial charge in [0.1, 0.15) is 5.69 Å². The molecule has 1 aromatic heterocycles. The number of para-hydroxylation sites is 1. The van der Waals surface area contributed by atoms with Crippen molar-refractivity contribution in [3.05, 3.63) is 71.9 Å². The molecule has 2 aromatic carbocycles. The third-order valence-corrected chi connectivity index (χ3v) is 6.45. The maximum Gasteiger partial charge on any atom is 0.224 e. The highest BCUT2D eigenvalue weighted by atomic mass is 16.2. The summed E-state index contributed by atoms with van der Waals surface area (Å²) in [5, 5.41) is 11.0. The number of hydrogen-bond acceptors (Lipinski definition) is 4. The third-order valence-electron chi connectivity index (χ3n) is 6.45. The molecule has 2 heterocycles. The summed E-state index contributed by atoms with van der Waals surface area (Å²) in [5.74, 6) is 0.900. The Morgan fingerprint density at radius 2 is 1.65 bits per heavy atom. The molecule has 0 spiro atoms. The van der Waals surface area contributed by atoms with E-state index in [0.717, 1.165) is 41.3 Å². The van der Waals surface area contributed by atoms with E-state index in [4.69, 9.17) is 5.10 Å². The number of nitrogens with zero attached hydrogens (tertiary/aromatic N) is 3. The number of nitrogens with one attached hydrogen (secondary N) is 2. The van der Waals surface area contributed by atoms with E-state index in [1.807, 2.05) is 86.1 Å². The van der Waals surface area contributed by atoms with Crippen molar-refractivity contribution in [1.29, 1.82) is 0 Å². The van der Waals surface area contributed by atoms with E-state index in [0.29, 0.717) is 19.5 Å². The molecule has 0 radical (unpaired) electrons. The molecule has 1 aliphatic heterocycles. The van der Waals surface area contributed by atoms with Gasteiger partial charge in [0.05, 0.1) is 17.4 Å². The standard InChI is InChI=1S/C27H33N5O2/c1-4-24(33)29-25-20(3)30-32(23-13-9-6-10-14-23)27(25)31-17-15-22(16-18-31)26(34)28-19(2)21-11-7-5-8-12-21/h5-14,19,22H,4,15-18H2,1-3H3,(H,28,34)(H,29,33). The van der Waals surface area contributed by atoms with Crippen LogP contribution < -0.4 is 15.5 Å². The normalized spacial score (nSPS) is 15.1. The van der Waals surface area contributed by atoms with E-state index in [9.17, 15) is 9.59 Å². The smallest absolute Gasteiger partial charge is 0.224 e. The lowest BCUT2D eigenvalue weighted by atomic mass is 9.95. The minimum atomic E-state index is -0.0406. The van der Waals surface area contributed by atoms with Gasteiger partial charge in [0.25, 0.3) is 0 Å². The van der Waals surface area contributed by atoms with Crippen LogP contribution in [0.3, 0.4) is 0 Å². The molecule has 0 saturated carbocycles. The van der Waals surface area contributed by atoms with Crippen LogP contribution in [0.1, 0.15) is 50.4 Å². The Balaban J connectivity index is 1.51. The highest BCUT2D eigenvalue weighted by Gasteiger charge is 2.30. The average molecular weight is 460 g/mol. The molecule has 1 atom stereocenters. The number of carbonyl (C=O) groups is 2. The third kappa shape index (κ3) is 5.14. The number of hydrogen-bond donors (Lipinski definition) is 2. The van der Waals surface area contributed by atoms with Crippen LogP contribution in [-0.4, -0.2) is 34.7 Å². The number of piperidine rings is 1. The highest BCUT2D eigenvalue weighted by molar-refractivity contribution is 5.94. The van der Waals surface area contributed by atoms with Crippen molar-refractivity contribution in [2.24, 2.45) is 5.92 Å². The van der Waals surface area contributed by atoms with Gasteiger partial charge in [0.2, 0.25) is 11.8 Å². The van der Waals surface area contributed by atoms with E-state index in [-0.39, 0.29) is 23.8 Å². The minimum absolute atomic E-state index is 0.0234. The molecule has 1 unspecified atom stereocenters. The average Bonchev–Trinajstić information content (AvgIpc) is 3.20. The Hall–Kier alpha value is -3.61. The molecular weight excluding hydrogens is 426 g/mol. The van der Waals surface area contributed by atoms with Gasteiger partial charge < -0.3 is 15.5 Å². The largest absolute Gasteiger partial charge is 0.355 e. The fourth-order valence-corrected chi connectivity index (χ4v) is 4.44. The second kappa shape index (κ2) is 10.5. The topological polar surface area (TPSA) is 79.3 Å². The molecule has 7 nitrogen and oxygen atoms in total. The molecule has 1 saturated heterocycles. The monoisotopic (exact) mass is 459 g/mol. The van der Waals surface area contributed by atoms with Gasteiger partial charge in [-0.05, 0) is 44.4 Å². The lowest BCUT2D eigenvalue weighted by Gasteiger charge is -2.34. The molecule has 2 amide bonds. The lowest BCUT2D eigenvalue weighted by molar-refractivity contribution is -0.126. The van der Waals surface area contributed by atoms with E-state index in [1.165, 1.54) is 0 Å². The first-order chi connectivity index (χ1) is 16.5.